The van der Waals surface area contributed by atoms with Gasteiger partial charge in [-0.2, -0.15) is 0 Å². The summed E-state index contributed by atoms with van der Waals surface area (Å²) in [6.45, 7) is 2.23. The molecule has 4 rings (SSSR count). The molecule has 1 N–H and O–H groups in total. The Morgan fingerprint density at radius 1 is 1.32 bits per heavy atom. The number of hydrogen-bond donors (Lipinski definition) is 1. The van der Waals surface area contributed by atoms with E-state index in [0.29, 0.717) is 24.2 Å². The molecule has 2 aliphatic carbocycles. The Bertz CT molecular complexity index is 851. The van der Waals surface area contributed by atoms with Crippen molar-refractivity contribution < 1.29 is 14.0 Å². The second-order valence-corrected chi connectivity index (χ2v) is 7.05. The highest BCUT2D eigenvalue weighted by molar-refractivity contribution is 6.04. The van der Waals surface area contributed by atoms with E-state index in [9.17, 15) is 14.0 Å². The van der Waals surface area contributed by atoms with Crippen molar-refractivity contribution in [1.82, 2.24) is 9.88 Å². The van der Waals surface area contributed by atoms with E-state index >= 15 is 0 Å². The molecule has 0 atom stereocenters. The van der Waals surface area contributed by atoms with E-state index in [1.54, 1.807) is 6.07 Å². The van der Waals surface area contributed by atoms with E-state index in [0.717, 1.165) is 42.5 Å². The number of hydrogen-bond acceptors (Lipinski definition) is 2. The summed E-state index contributed by atoms with van der Waals surface area (Å²) in [6, 6.07) is 6.57. The summed E-state index contributed by atoms with van der Waals surface area (Å²) < 4.78 is 13.5. The number of rotatable bonds is 4. The molecule has 130 valence electrons. The molecule has 0 saturated heterocycles. The fourth-order valence-corrected chi connectivity index (χ4v) is 3.72. The normalized spacial score (nSPS) is 16.6. The molecule has 1 aromatic heterocycles. The first-order valence-corrected chi connectivity index (χ1v) is 8.84. The molecule has 0 bridgehead atoms. The maximum Gasteiger partial charge on any atom is 0.271 e. The average molecular weight is 340 g/mol. The number of aryl methyl sites for hydroxylation is 1. The van der Waals surface area contributed by atoms with Crippen LogP contribution in [0, 0.1) is 12.7 Å². The Labute approximate surface area is 146 Å². The summed E-state index contributed by atoms with van der Waals surface area (Å²) in [7, 11) is 0. The van der Waals surface area contributed by atoms with Gasteiger partial charge in [0.15, 0.2) is 5.78 Å². The largest absolute Gasteiger partial charge is 0.354 e. The van der Waals surface area contributed by atoms with Gasteiger partial charge in [0.05, 0.1) is 0 Å². The van der Waals surface area contributed by atoms with Gasteiger partial charge in [-0.25, -0.2) is 4.39 Å². The summed E-state index contributed by atoms with van der Waals surface area (Å²) in [6.07, 6.45) is 4.13. The summed E-state index contributed by atoms with van der Waals surface area (Å²) in [5.41, 5.74) is 3.65. The van der Waals surface area contributed by atoms with Crippen molar-refractivity contribution in [1.29, 1.82) is 0 Å². The number of Topliss-reactive ketones (excluding diaryl/α,β-unsaturated/α-hetero) is 1. The molecule has 4 nitrogen and oxygen atoms in total. The molecule has 2 aliphatic rings. The molecular weight excluding hydrogens is 319 g/mol. The number of benzene rings is 1. The van der Waals surface area contributed by atoms with Gasteiger partial charge >= 0.3 is 0 Å². The van der Waals surface area contributed by atoms with Crippen LogP contribution in [0.1, 0.15) is 63.4 Å². The fraction of sp³-hybridized carbons (Fsp3) is 0.400. The number of nitrogens with one attached hydrogen (secondary N) is 1. The van der Waals surface area contributed by atoms with Crippen molar-refractivity contribution in [3.8, 4) is 0 Å². The van der Waals surface area contributed by atoms with Crippen LogP contribution in [0.25, 0.3) is 0 Å². The van der Waals surface area contributed by atoms with Crippen molar-refractivity contribution in [2.45, 2.75) is 51.6 Å². The highest BCUT2D eigenvalue weighted by atomic mass is 19.1. The van der Waals surface area contributed by atoms with Crippen LogP contribution in [-0.4, -0.2) is 27.6 Å². The molecule has 1 saturated carbocycles. The molecule has 1 heterocycles. The molecule has 1 fully saturated rings. The highest BCUT2D eigenvalue weighted by Crippen LogP contribution is 2.32. The zero-order valence-corrected chi connectivity index (χ0v) is 14.3. The van der Waals surface area contributed by atoms with Crippen molar-refractivity contribution in [2.24, 2.45) is 0 Å². The minimum absolute atomic E-state index is 0.0912. The van der Waals surface area contributed by atoms with Crippen LogP contribution >= 0.6 is 0 Å². The molecule has 0 radical (unpaired) electrons. The van der Waals surface area contributed by atoms with Gasteiger partial charge < -0.3 is 9.88 Å². The van der Waals surface area contributed by atoms with E-state index in [1.807, 2.05) is 17.9 Å². The third-order valence-corrected chi connectivity index (χ3v) is 5.14. The first-order valence-electron chi connectivity index (χ1n) is 8.84. The Morgan fingerprint density at radius 2 is 2.12 bits per heavy atom. The Morgan fingerprint density at radius 3 is 2.80 bits per heavy atom. The predicted octanol–water partition coefficient (Wildman–Crippen LogP) is 3.79. The lowest BCUT2D eigenvalue weighted by molar-refractivity contribution is 0.0723. The quantitative estimate of drug-likeness (QED) is 0.921. The van der Waals surface area contributed by atoms with Gasteiger partial charge in [0.2, 0.25) is 0 Å². The second kappa shape index (κ2) is 6.14. The molecule has 0 spiro atoms. The molecule has 25 heavy (non-hydrogen) atoms. The second-order valence-electron chi connectivity index (χ2n) is 7.05. The summed E-state index contributed by atoms with van der Waals surface area (Å²) in [4.78, 5) is 30.4. The van der Waals surface area contributed by atoms with E-state index in [-0.39, 0.29) is 23.5 Å². The van der Waals surface area contributed by atoms with Crippen LogP contribution in [-0.2, 0) is 13.0 Å². The monoisotopic (exact) mass is 340 g/mol. The topological polar surface area (TPSA) is 53.2 Å². The van der Waals surface area contributed by atoms with Crippen LogP contribution in [0.4, 0.5) is 4.39 Å². The van der Waals surface area contributed by atoms with Crippen LogP contribution in [0.2, 0.25) is 0 Å². The van der Waals surface area contributed by atoms with Crippen LogP contribution in [0.15, 0.2) is 24.3 Å². The van der Waals surface area contributed by atoms with E-state index in [1.165, 1.54) is 12.1 Å². The van der Waals surface area contributed by atoms with Crippen molar-refractivity contribution in [2.75, 3.05) is 0 Å². The maximum absolute atomic E-state index is 13.5. The lowest BCUT2D eigenvalue weighted by atomic mass is 9.93. The van der Waals surface area contributed by atoms with Gasteiger partial charge in [-0.3, -0.25) is 9.59 Å². The molecular formula is C20H21FN2O2. The Kier molecular flexibility index (Phi) is 3.94. The first-order chi connectivity index (χ1) is 12.0. The standard InChI is InChI=1S/C20H21FN2O2/c1-12-18-16(6-3-7-17(18)24)22-19(12)20(25)23(15-8-9-15)11-13-4-2-5-14(21)10-13/h2,4-5,10,15,22H,3,6-9,11H2,1H3. The third kappa shape index (κ3) is 2.99. The lowest BCUT2D eigenvalue weighted by Crippen LogP contribution is -2.33. The minimum atomic E-state index is -0.294. The summed E-state index contributed by atoms with van der Waals surface area (Å²) in [5.74, 6) is -0.263. The number of aromatic amines is 1. The Balaban J connectivity index is 1.65. The predicted molar refractivity (Wildman–Crippen MR) is 92.1 cm³/mol. The van der Waals surface area contributed by atoms with Crippen molar-refractivity contribution in [3.63, 3.8) is 0 Å². The number of amides is 1. The van der Waals surface area contributed by atoms with Gasteiger partial charge in [0.1, 0.15) is 11.5 Å². The number of carbonyl (C=O) groups is 2. The highest BCUT2D eigenvalue weighted by Gasteiger charge is 2.36. The smallest absolute Gasteiger partial charge is 0.271 e. The van der Waals surface area contributed by atoms with Crippen LogP contribution in [0.3, 0.4) is 0 Å². The first kappa shape index (κ1) is 16.1. The van der Waals surface area contributed by atoms with Gasteiger partial charge in [-0.1, -0.05) is 12.1 Å². The van der Waals surface area contributed by atoms with E-state index < -0.39 is 0 Å². The lowest BCUT2D eigenvalue weighted by Gasteiger charge is -2.22. The van der Waals surface area contributed by atoms with E-state index in [2.05, 4.69) is 4.98 Å². The number of ketones is 1. The number of nitrogens with zero attached hydrogens (tertiary/aromatic N) is 1. The summed E-state index contributed by atoms with van der Waals surface area (Å²) >= 11 is 0. The van der Waals surface area contributed by atoms with Gasteiger partial charge in [0, 0.05) is 30.3 Å². The molecule has 1 aromatic carbocycles. The van der Waals surface area contributed by atoms with Gasteiger partial charge in [-0.15, -0.1) is 0 Å². The van der Waals surface area contributed by atoms with E-state index in [4.69, 9.17) is 0 Å². The number of halogens is 1. The number of carbonyl (C=O) groups excluding carboxylic acids is 2. The van der Waals surface area contributed by atoms with Crippen LogP contribution in [0.5, 0.6) is 0 Å². The van der Waals surface area contributed by atoms with Crippen molar-refractivity contribution in [3.05, 3.63) is 58.2 Å². The number of fused-ring (bicyclic) bond motifs is 1. The third-order valence-electron chi connectivity index (χ3n) is 5.14. The zero-order chi connectivity index (χ0) is 17.6. The Hall–Kier alpha value is -2.43. The van der Waals surface area contributed by atoms with Gasteiger partial charge in [0.25, 0.3) is 5.91 Å². The summed E-state index contributed by atoms with van der Waals surface area (Å²) in [5, 5.41) is 0. The average Bonchev–Trinajstić information content (AvgIpc) is 3.36. The molecule has 0 unspecified atom stereocenters. The van der Waals surface area contributed by atoms with Crippen molar-refractivity contribution >= 4 is 11.7 Å². The number of H-pyrrole nitrogens is 1. The molecule has 0 aliphatic heterocycles. The molecule has 5 heteroatoms. The minimum Gasteiger partial charge on any atom is -0.354 e. The van der Waals surface area contributed by atoms with Crippen LogP contribution < -0.4 is 0 Å². The number of aromatic nitrogens is 1. The van der Waals surface area contributed by atoms with Gasteiger partial charge in [-0.05, 0) is 55.9 Å². The maximum atomic E-state index is 13.5. The SMILES string of the molecule is Cc1c(C(=O)N(Cc2cccc(F)c2)C2CC2)[nH]c2c1C(=O)CCC2. The molecule has 2 aromatic rings. The zero-order valence-electron chi connectivity index (χ0n) is 14.3. The fourth-order valence-electron chi connectivity index (χ4n) is 3.72. The molecule has 1 amide bonds.